The van der Waals surface area contributed by atoms with Crippen LogP contribution >= 0.6 is 11.6 Å². The minimum atomic E-state index is 0.0311. The molecule has 0 spiro atoms. The van der Waals surface area contributed by atoms with Gasteiger partial charge in [0.1, 0.15) is 0 Å². The van der Waals surface area contributed by atoms with Gasteiger partial charge in [0.2, 0.25) is 5.91 Å². The number of alkyl halides is 1. The number of hydrogen-bond acceptors (Lipinski definition) is 1. The number of carbonyl (C=O) groups excluding carboxylic acids is 1. The Kier molecular flexibility index (Phi) is 6.07. The average Bonchev–Trinajstić information content (AvgIpc) is 2.25. The lowest BCUT2D eigenvalue weighted by Crippen LogP contribution is -2.28. The van der Waals surface area contributed by atoms with Crippen molar-refractivity contribution >= 4 is 17.5 Å². The Bertz CT molecular complexity index is 188. The molecule has 0 aromatic heterocycles. The highest BCUT2D eigenvalue weighted by atomic mass is 35.5. The second-order valence-electron chi connectivity index (χ2n) is 4.63. The van der Waals surface area contributed by atoms with Crippen LogP contribution in [0.5, 0.6) is 0 Å². The van der Waals surface area contributed by atoms with Gasteiger partial charge in [0.05, 0.1) is 0 Å². The molecule has 1 unspecified atom stereocenters. The minimum Gasteiger partial charge on any atom is -0.355 e. The third-order valence-corrected chi connectivity index (χ3v) is 3.24. The highest BCUT2D eigenvalue weighted by molar-refractivity contribution is 6.20. The van der Waals surface area contributed by atoms with Crippen LogP contribution in [0.2, 0.25) is 0 Å². The molecule has 1 atom stereocenters. The van der Waals surface area contributed by atoms with Crippen LogP contribution in [0.15, 0.2) is 0 Å². The normalized spacial score (nSPS) is 19.9. The smallest absolute Gasteiger partial charge is 0.220 e. The second kappa shape index (κ2) is 7.10. The Labute approximate surface area is 97.8 Å². The molecular weight excluding hydrogens is 210 g/mol. The van der Waals surface area contributed by atoms with Crippen molar-refractivity contribution in [2.75, 3.05) is 6.54 Å². The van der Waals surface area contributed by atoms with Gasteiger partial charge in [-0.3, -0.25) is 4.79 Å². The molecule has 0 saturated heterocycles. The first-order chi connectivity index (χ1) is 7.18. The monoisotopic (exact) mass is 231 g/mol. The predicted molar refractivity (Wildman–Crippen MR) is 64.1 cm³/mol. The zero-order valence-electron chi connectivity index (χ0n) is 9.60. The minimum absolute atomic E-state index is 0.0311. The highest BCUT2D eigenvalue weighted by Crippen LogP contribution is 2.27. The molecule has 1 aliphatic carbocycles. The summed E-state index contributed by atoms with van der Waals surface area (Å²) in [6.07, 6.45) is 8.46. The quantitative estimate of drug-likeness (QED) is 0.724. The standard InChI is InChI=1S/C12H22ClNO/c1-10(13)9-14-12(15)8-7-11-5-3-2-4-6-11/h10-11H,2-9H2,1H3,(H,14,15). The molecule has 1 fully saturated rings. The third kappa shape index (κ3) is 6.03. The van der Waals surface area contributed by atoms with E-state index in [0.29, 0.717) is 13.0 Å². The van der Waals surface area contributed by atoms with Gasteiger partial charge in [0.15, 0.2) is 0 Å². The van der Waals surface area contributed by atoms with Crippen LogP contribution in [-0.2, 0) is 4.79 Å². The molecule has 1 amide bonds. The van der Waals surface area contributed by atoms with Crippen molar-refractivity contribution in [2.45, 2.75) is 57.2 Å². The van der Waals surface area contributed by atoms with E-state index in [1.807, 2.05) is 6.92 Å². The van der Waals surface area contributed by atoms with Crippen LogP contribution < -0.4 is 5.32 Å². The summed E-state index contributed by atoms with van der Waals surface area (Å²) in [6.45, 7) is 2.48. The van der Waals surface area contributed by atoms with Gasteiger partial charge in [-0.25, -0.2) is 0 Å². The van der Waals surface area contributed by atoms with E-state index in [0.717, 1.165) is 12.3 Å². The van der Waals surface area contributed by atoms with E-state index in [9.17, 15) is 4.79 Å². The first kappa shape index (κ1) is 12.8. The molecule has 1 saturated carbocycles. The fourth-order valence-corrected chi connectivity index (χ4v) is 2.23. The van der Waals surface area contributed by atoms with E-state index in [-0.39, 0.29) is 11.3 Å². The molecule has 1 aliphatic rings. The van der Waals surface area contributed by atoms with Crippen LogP contribution in [-0.4, -0.2) is 17.8 Å². The summed E-state index contributed by atoms with van der Waals surface area (Å²) in [7, 11) is 0. The Hall–Kier alpha value is -0.240. The zero-order valence-corrected chi connectivity index (χ0v) is 10.4. The van der Waals surface area contributed by atoms with Crippen LogP contribution in [0.1, 0.15) is 51.9 Å². The van der Waals surface area contributed by atoms with Crippen molar-refractivity contribution in [3.05, 3.63) is 0 Å². The topological polar surface area (TPSA) is 29.1 Å². The molecule has 0 aromatic rings. The molecule has 0 bridgehead atoms. The van der Waals surface area contributed by atoms with Gasteiger partial charge in [-0.05, 0) is 19.3 Å². The van der Waals surface area contributed by atoms with Gasteiger partial charge in [0.25, 0.3) is 0 Å². The van der Waals surface area contributed by atoms with Crippen LogP contribution in [0, 0.1) is 5.92 Å². The SMILES string of the molecule is CC(Cl)CNC(=O)CCC1CCCCC1. The number of amides is 1. The van der Waals surface area contributed by atoms with Gasteiger partial charge in [0, 0.05) is 18.3 Å². The maximum absolute atomic E-state index is 11.4. The van der Waals surface area contributed by atoms with Crippen molar-refractivity contribution < 1.29 is 4.79 Å². The van der Waals surface area contributed by atoms with Gasteiger partial charge in [-0.1, -0.05) is 32.1 Å². The van der Waals surface area contributed by atoms with Crippen LogP contribution in [0.4, 0.5) is 0 Å². The summed E-state index contributed by atoms with van der Waals surface area (Å²) < 4.78 is 0. The summed E-state index contributed by atoms with van der Waals surface area (Å²) in [5.74, 6) is 0.950. The molecule has 1 N–H and O–H groups in total. The fourth-order valence-electron chi connectivity index (χ4n) is 2.15. The molecule has 0 heterocycles. The summed E-state index contributed by atoms with van der Waals surface area (Å²) in [5.41, 5.74) is 0. The Morgan fingerprint density at radius 3 is 2.67 bits per heavy atom. The van der Waals surface area contributed by atoms with Crippen molar-refractivity contribution in [1.82, 2.24) is 5.32 Å². The van der Waals surface area contributed by atoms with E-state index < -0.39 is 0 Å². The molecule has 0 aliphatic heterocycles. The molecule has 3 heteroatoms. The van der Waals surface area contributed by atoms with Gasteiger partial charge in [-0.2, -0.15) is 0 Å². The summed E-state index contributed by atoms with van der Waals surface area (Å²) >= 11 is 5.76. The number of hydrogen-bond donors (Lipinski definition) is 1. The molecule has 1 rings (SSSR count). The van der Waals surface area contributed by atoms with E-state index in [1.54, 1.807) is 0 Å². The molecule has 88 valence electrons. The Morgan fingerprint density at radius 1 is 1.40 bits per heavy atom. The Balaban J connectivity index is 2.05. The molecule has 0 radical (unpaired) electrons. The fraction of sp³-hybridized carbons (Fsp3) is 0.917. The molecule has 2 nitrogen and oxygen atoms in total. The molecule has 0 aromatic carbocycles. The van der Waals surface area contributed by atoms with E-state index in [4.69, 9.17) is 11.6 Å². The summed E-state index contributed by atoms with van der Waals surface area (Å²) in [5, 5.41) is 2.88. The summed E-state index contributed by atoms with van der Waals surface area (Å²) in [6, 6.07) is 0. The number of nitrogens with one attached hydrogen (secondary N) is 1. The average molecular weight is 232 g/mol. The van der Waals surface area contributed by atoms with Gasteiger partial charge < -0.3 is 5.32 Å². The van der Waals surface area contributed by atoms with Crippen molar-refractivity contribution in [1.29, 1.82) is 0 Å². The maximum Gasteiger partial charge on any atom is 0.220 e. The summed E-state index contributed by atoms with van der Waals surface area (Å²) in [4.78, 5) is 11.4. The highest BCUT2D eigenvalue weighted by Gasteiger charge is 2.14. The van der Waals surface area contributed by atoms with Gasteiger partial charge in [-0.15, -0.1) is 11.6 Å². The van der Waals surface area contributed by atoms with E-state index in [2.05, 4.69) is 5.32 Å². The van der Waals surface area contributed by atoms with Crippen molar-refractivity contribution in [3.63, 3.8) is 0 Å². The van der Waals surface area contributed by atoms with E-state index >= 15 is 0 Å². The lowest BCUT2D eigenvalue weighted by molar-refractivity contribution is -0.121. The number of halogens is 1. The van der Waals surface area contributed by atoms with Crippen LogP contribution in [0.3, 0.4) is 0 Å². The van der Waals surface area contributed by atoms with Crippen molar-refractivity contribution in [3.8, 4) is 0 Å². The molecule has 15 heavy (non-hydrogen) atoms. The first-order valence-corrected chi connectivity index (χ1v) is 6.53. The third-order valence-electron chi connectivity index (χ3n) is 3.08. The second-order valence-corrected chi connectivity index (χ2v) is 5.37. The van der Waals surface area contributed by atoms with Gasteiger partial charge >= 0.3 is 0 Å². The number of rotatable bonds is 5. The van der Waals surface area contributed by atoms with E-state index in [1.165, 1.54) is 32.1 Å². The lowest BCUT2D eigenvalue weighted by Gasteiger charge is -2.21. The zero-order chi connectivity index (χ0) is 11.1. The predicted octanol–water partition coefficient (Wildman–Crippen LogP) is 3.09. The maximum atomic E-state index is 11.4. The first-order valence-electron chi connectivity index (χ1n) is 6.09. The lowest BCUT2D eigenvalue weighted by atomic mass is 9.86. The number of carbonyl (C=O) groups is 1. The largest absolute Gasteiger partial charge is 0.355 e. The Morgan fingerprint density at radius 2 is 2.07 bits per heavy atom. The van der Waals surface area contributed by atoms with Crippen LogP contribution in [0.25, 0.3) is 0 Å². The molecular formula is C12H22ClNO. The van der Waals surface area contributed by atoms with Crippen molar-refractivity contribution in [2.24, 2.45) is 5.92 Å².